The van der Waals surface area contributed by atoms with Crippen LogP contribution in [0.5, 0.6) is 0 Å². The molecule has 6 rings (SSSR count). The van der Waals surface area contributed by atoms with Crippen molar-refractivity contribution >= 4 is 0 Å². The molecule has 4 aliphatic carbocycles. The number of hydrogen-bond donors (Lipinski definition) is 1. The van der Waals surface area contributed by atoms with Crippen molar-refractivity contribution < 1.29 is 14.6 Å². The first kappa shape index (κ1) is 21.2. The summed E-state index contributed by atoms with van der Waals surface area (Å²) in [5.41, 5.74) is 1.36. The van der Waals surface area contributed by atoms with Gasteiger partial charge >= 0.3 is 0 Å². The van der Waals surface area contributed by atoms with Gasteiger partial charge < -0.3 is 14.6 Å². The predicted octanol–water partition coefficient (Wildman–Crippen LogP) is 6.10. The molecule has 3 saturated carbocycles. The Bertz CT molecular complexity index is 781. The Morgan fingerprint density at radius 1 is 0.968 bits per heavy atom. The molecule has 0 aromatic carbocycles. The second kappa shape index (κ2) is 6.60. The van der Waals surface area contributed by atoms with E-state index < -0.39 is 11.4 Å². The third-order valence-electron chi connectivity index (χ3n) is 11.8. The van der Waals surface area contributed by atoms with Crippen LogP contribution >= 0.6 is 0 Å². The summed E-state index contributed by atoms with van der Waals surface area (Å²) >= 11 is 0. The first-order valence-corrected chi connectivity index (χ1v) is 13.4. The molecule has 174 valence electrons. The molecule has 2 heterocycles. The molecule has 1 N–H and O–H groups in total. The number of rotatable bonds is 0. The van der Waals surface area contributed by atoms with Gasteiger partial charge in [-0.1, -0.05) is 46.3 Å². The van der Waals surface area contributed by atoms with Gasteiger partial charge in [0, 0.05) is 30.1 Å². The van der Waals surface area contributed by atoms with Crippen molar-refractivity contribution in [3.63, 3.8) is 0 Å². The first-order valence-electron chi connectivity index (χ1n) is 13.4. The highest BCUT2D eigenvalue weighted by molar-refractivity contribution is 5.29. The van der Waals surface area contributed by atoms with Crippen molar-refractivity contribution in [3.05, 3.63) is 11.6 Å². The molecule has 5 fully saturated rings. The number of allylic oxidation sites excluding steroid dienone is 2. The fraction of sp³-hybridized carbons (Fsp3) is 0.929. The normalized spacial score (nSPS) is 60.7. The molecule has 11 atom stereocenters. The minimum Gasteiger partial charge on any atom is -0.389 e. The van der Waals surface area contributed by atoms with Gasteiger partial charge in [0.25, 0.3) is 0 Å². The Morgan fingerprint density at radius 2 is 1.74 bits per heavy atom. The number of aliphatic hydroxyl groups is 1. The third kappa shape index (κ3) is 2.58. The third-order valence-corrected chi connectivity index (χ3v) is 11.8. The monoisotopic (exact) mass is 428 g/mol. The van der Waals surface area contributed by atoms with Crippen molar-refractivity contribution in [2.45, 2.75) is 110 Å². The standard InChI is InChI=1S/C28H44O3/c1-17-8-11-25(4)20(14-17)6-7-22-21(25)10-12-26(5)24-19(3)28(13-9-18(2)16-30-28)31-23(24)15-27(22,26)29/h6,17-19,21-24,29H,7-16H2,1-5H3/t17?,18?,19?,21?,22?,23?,24?,25-,26+,27?,28?/m0/s1. The summed E-state index contributed by atoms with van der Waals surface area (Å²) in [4.78, 5) is 0. The van der Waals surface area contributed by atoms with Crippen LogP contribution in [0.2, 0.25) is 0 Å². The van der Waals surface area contributed by atoms with Crippen molar-refractivity contribution in [2.75, 3.05) is 6.61 Å². The number of hydrogen-bond acceptors (Lipinski definition) is 3. The average Bonchev–Trinajstić information content (AvgIpc) is 3.12. The van der Waals surface area contributed by atoms with Crippen LogP contribution in [0.25, 0.3) is 0 Å². The highest BCUT2D eigenvalue weighted by Crippen LogP contribution is 2.72. The van der Waals surface area contributed by atoms with Gasteiger partial charge in [-0.3, -0.25) is 0 Å². The fourth-order valence-electron chi connectivity index (χ4n) is 9.83. The van der Waals surface area contributed by atoms with Crippen molar-refractivity contribution in [1.82, 2.24) is 0 Å². The van der Waals surface area contributed by atoms with Crippen LogP contribution in [0.1, 0.15) is 92.4 Å². The second-order valence-electron chi connectivity index (χ2n) is 13.3. The lowest BCUT2D eigenvalue weighted by Gasteiger charge is -2.61. The summed E-state index contributed by atoms with van der Waals surface area (Å²) in [6, 6.07) is 0. The maximum Gasteiger partial charge on any atom is 0.171 e. The summed E-state index contributed by atoms with van der Waals surface area (Å²) in [5.74, 6) is 2.85. The molecule has 1 spiro atoms. The molecule has 3 nitrogen and oxygen atoms in total. The zero-order valence-corrected chi connectivity index (χ0v) is 20.5. The molecule has 2 saturated heterocycles. The lowest BCUT2D eigenvalue weighted by molar-refractivity contribution is -0.280. The van der Waals surface area contributed by atoms with E-state index >= 15 is 0 Å². The van der Waals surface area contributed by atoms with Gasteiger partial charge in [0.05, 0.1) is 18.3 Å². The molecule has 0 bridgehead atoms. The smallest absolute Gasteiger partial charge is 0.171 e. The van der Waals surface area contributed by atoms with E-state index in [0.717, 1.165) is 38.2 Å². The maximum absolute atomic E-state index is 12.5. The van der Waals surface area contributed by atoms with E-state index in [0.29, 0.717) is 35.0 Å². The van der Waals surface area contributed by atoms with Crippen LogP contribution in [0, 0.1) is 46.3 Å². The molecule has 0 aromatic heterocycles. The highest BCUT2D eigenvalue weighted by atomic mass is 16.7. The van der Waals surface area contributed by atoms with E-state index in [9.17, 15) is 5.11 Å². The largest absolute Gasteiger partial charge is 0.389 e. The van der Waals surface area contributed by atoms with Crippen molar-refractivity contribution in [1.29, 1.82) is 0 Å². The van der Waals surface area contributed by atoms with Gasteiger partial charge in [0.2, 0.25) is 0 Å². The minimum absolute atomic E-state index is 0.0577. The fourth-order valence-corrected chi connectivity index (χ4v) is 9.83. The van der Waals surface area contributed by atoms with Crippen LogP contribution in [0.3, 0.4) is 0 Å². The van der Waals surface area contributed by atoms with E-state index in [1.807, 2.05) is 0 Å². The Hall–Kier alpha value is -0.380. The summed E-state index contributed by atoms with van der Waals surface area (Å²) in [7, 11) is 0. The van der Waals surface area contributed by atoms with Crippen LogP contribution in [0.15, 0.2) is 11.6 Å². The van der Waals surface area contributed by atoms with Crippen molar-refractivity contribution in [2.24, 2.45) is 46.3 Å². The summed E-state index contributed by atoms with van der Waals surface area (Å²) < 4.78 is 13.3. The Morgan fingerprint density at radius 3 is 2.48 bits per heavy atom. The number of ether oxygens (including phenoxy) is 2. The van der Waals surface area contributed by atoms with Gasteiger partial charge in [-0.15, -0.1) is 0 Å². The van der Waals surface area contributed by atoms with Gasteiger partial charge in [-0.05, 0) is 74.0 Å². The molecule has 6 aliphatic rings. The van der Waals surface area contributed by atoms with E-state index in [1.165, 1.54) is 32.1 Å². The predicted molar refractivity (Wildman–Crippen MR) is 122 cm³/mol. The zero-order chi connectivity index (χ0) is 21.8. The maximum atomic E-state index is 12.5. The zero-order valence-electron chi connectivity index (χ0n) is 20.5. The van der Waals surface area contributed by atoms with Crippen LogP contribution in [0.4, 0.5) is 0 Å². The van der Waals surface area contributed by atoms with Gasteiger partial charge in [0.1, 0.15) is 0 Å². The van der Waals surface area contributed by atoms with E-state index in [2.05, 4.69) is 40.7 Å². The summed E-state index contributed by atoms with van der Waals surface area (Å²) in [6.07, 6.45) is 13.2. The molecule has 0 radical (unpaired) electrons. The minimum atomic E-state index is -0.600. The molecule has 3 heteroatoms. The molecule has 0 aromatic rings. The Labute approximate surface area is 189 Å². The summed E-state index contributed by atoms with van der Waals surface area (Å²) in [6.45, 7) is 12.8. The quantitative estimate of drug-likeness (QED) is 0.474. The lowest BCUT2D eigenvalue weighted by atomic mass is 9.45. The van der Waals surface area contributed by atoms with Gasteiger partial charge in [-0.25, -0.2) is 0 Å². The molecule has 0 amide bonds. The topological polar surface area (TPSA) is 38.7 Å². The SMILES string of the molecule is CC1CCC2(OC1)OC1CC3(O)C4CC=C5CC(C)CC[C@]5(C)C4CC[C@]3(C)C1C2C. The molecule has 9 unspecified atom stereocenters. The Balaban J connectivity index is 1.32. The van der Waals surface area contributed by atoms with E-state index in [4.69, 9.17) is 9.47 Å². The summed E-state index contributed by atoms with van der Waals surface area (Å²) in [5, 5.41) is 12.5. The molecular formula is C28H44O3. The number of fused-ring (bicyclic) bond motifs is 7. The van der Waals surface area contributed by atoms with E-state index in [-0.39, 0.29) is 11.5 Å². The van der Waals surface area contributed by atoms with Crippen molar-refractivity contribution in [3.8, 4) is 0 Å². The van der Waals surface area contributed by atoms with E-state index in [1.54, 1.807) is 5.57 Å². The van der Waals surface area contributed by atoms with Gasteiger partial charge in [0.15, 0.2) is 5.79 Å². The van der Waals surface area contributed by atoms with Crippen LogP contribution in [-0.2, 0) is 9.47 Å². The van der Waals surface area contributed by atoms with Crippen LogP contribution in [-0.4, -0.2) is 29.2 Å². The second-order valence-corrected chi connectivity index (χ2v) is 13.3. The average molecular weight is 429 g/mol. The molecular weight excluding hydrogens is 384 g/mol. The Kier molecular flexibility index (Phi) is 4.51. The van der Waals surface area contributed by atoms with Gasteiger partial charge in [-0.2, -0.15) is 0 Å². The lowest BCUT2D eigenvalue weighted by Crippen LogP contribution is -2.61. The molecule has 2 aliphatic heterocycles. The molecule has 31 heavy (non-hydrogen) atoms. The highest BCUT2D eigenvalue weighted by Gasteiger charge is 2.74. The van der Waals surface area contributed by atoms with Crippen LogP contribution < -0.4 is 0 Å². The first-order chi connectivity index (χ1) is 14.6.